The van der Waals surface area contributed by atoms with Crippen LogP contribution in [0.2, 0.25) is 0 Å². The van der Waals surface area contributed by atoms with Gasteiger partial charge in [-0.3, -0.25) is 29.4 Å². The van der Waals surface area contributed by atoms with Gasteiger partial charge in [-0.1, -0.05) is 0 Å². The zero-order chi connectivity index (χ0) is 23.6. The Morgan fingerprint density at radius 1 is 1.27 bits per heavy atom. The zero-order valence-electron chi connectivity index (χ0n) is 17.1. The molecule has 0 saturated carbocycles. The van der Waals surface area contributed by atoms with E-state index in [0.29, 0.717) is 6.54 Å². The van der Waals surface area contributed by atoms with Crippen molar-refractivity contribution in [1.82, 2.24) is 15.1 Å². The monoisotopic (exact) mass is 439 g/mol. The molecule has 0 aliphatic carbocycles. The van der Waals surface area contributed by atoms with Crippen molar-refractivity contribution in [2.75, 3.05) is 27.2 Å². The first-order valence-electron chi connectivity index (χ1n) is 8.86. The van der Waals surface area contributed by atoms with Gasteiger partial charge in [0.1, 0.15) is 5.54 Å². The molecule has 2 N–H and O–H groups in total. The molecule has 0 bridgehead atoms. The van der Waals surface area contributed by atoms with Crippen molar-refractivity contribution in [2.45, 2.75) is 38.5 Å². The van der Waals surface area contributed by atoms with Crippen LogP contribution in [0.25, 0.3) is 0 Å². The minimum absolute atomic E-state index is 0.123. The smallest absolute Gasteiger partial charge is 0.475 e. The molecule has 0 aromatic heterocycles. The molecule has 0 aromatic rings. The molecule has 10 nitrogen and oxygen atoms in total. The molecule has 2 rings (SSSR count). The number of likely N-dealkylation sites (tertiary alicyclic amines) is 1. The van der Waals surface area contributed by atoms with E-state index in [9.17, 15) is 32.3 Å². The number of methoxy groups -OCH3 is 1. The van der Waals surface area contributed by atoms with Crippen LogP contribution in [0.4, 0.5) is 13.2 Å². The highest BCUT2D eigenvalue weighted by Gasteiger charge is 2.66. The number of aliphatic carboxylic acids is 1. The molecule has 170 valence electrons. The highest BCUT2D eigenvalue weighted by Crippen LogP contribution is 2.43. The first-order valence-corrected chi connectivity index (χ1v) is 8.86. The lowest BCUT2D eigenvalue weighted by atomic mass is 9.81. The number of nitrogens with one attached hydrogen (secondary N) is 1. The van der Waals surface area contributed by atoms with Gasteiger partial charge in [0.2, 0.25) is 17.7 Å². The van der Waals surface area contributed by atoms with E-state index in [-0.39, 0.29) is 18.4 Å². The number of esters is 1. The molecular weight excluding hydrogens is 415 g/mol. The molecule has 0 unspecified atom stereocenters. The topological polar surface area (TPSA) is 133 Å². The fourth-order valence-corrected chi connectivity index (χ4v) is 3.69. The Morgan fingerprint density at radius 3 is 2.13 bits per heavy atom. The summed E-state index contributed by atoms with van der Waals surface area (Å²) >= 11 is 0. The predicted octanol–water partition coefficient (Wildman–Crippen LogP) is -0.377. The SMILES string of the molecule is CCN(C[C@H]1N[C@@](C)(C(=O)OC)[C@H]2C(=O)N(C)C(=O)[C@@H]12)C(C)=O.O=C(O)C(F)(F)F. The zero-order valence-corrected chi connectivity index (χ0v) is 17.1. The summed E-state index contributed by atoms with van der Waals surface area (Å²) in [6.07, 6.45) is -5.08. The Hall–Kier alpha value is -2.70. The number of alkyl halides is 3. The number of halogens is 3. The molecule has 2 saturated heterocycles. The Morgan fingerprint density at radius 2 is 1.77 bits per heavy atom. The van der Waals surface area contributed by atoms with Crippen LogP contribution in [0.5, 0.6) is 0 Å². The number of fused-ring (bicyclic) bond motifs is 1. The molecule has 30 heavy (non-hydrogen) atoms. The second kappa shape index (κ2) is 8.98. The van der Waals surface area contributed by atoms with E-state index in [1.165, 1.54) is 21.1 Å². The van der Waals surface area contributed by atoms with Gasteiger partial charge >= 0.3 is 18.1 Å². The lowest BCUT2D eigenvalue weighted by molar-refractivity contribution is -0.192. The quantitative estimate of drug-likeness (QED) is 0.448. The number of ether oxygens (including phenoxy) is 1. The minimum atomic E-state index is -5.08. The highest BCUT2D eigenvalue weighted by molar-refractivity contribution is 6.09. The molecule has 2 aliphatic heterocycles. The van der Waals surface area contributed by atoms with Gasteiger partial charge in [0.05, 0.1) is 18.9 Å². The second-order valence-electron chi connectivity index (χ2n) is 7.04. The molecule has 0 aromatic carbocycles. The maximum absolute atomic E-state index is 12.5. The fraction of sp³-hybridized carbons (Fsp3) is 0.706. The van der Waals surface area contributed by atoms with Crippen molar-refractivity contribution in [1.29, 1.82) is 0 Å². The van der Waals surface area contributed by atoms with Crippen molar-refractivity contribution >= 4 is 29.7 Å². The standard InChI is InChI=1S/C15H23N3O5.C2HF3O2/c1-6-18(8(2)19)7-9-10-11(13(21)17(4)12(10)20)15(3,16-9)14(22)23-5;3-2(4,5)1(6)7/h9-11,16H,6-7H2,1-5H3;(H,6,7)/t9-,10+,11-,15-;/m1./s1. The number of carbonyl (C=O) groups is 5. The molecule has 0 radical (unpaired) electrons. The summed E-state index contributed by atoms with van der Waals surface area (Å²) in [5.74, 6) is -5.68. The van der Waals surface area contributed by atoms with Crippen LogP contribution in [0, 0.1) is 11.8 Å². The summed E-state index contributed by atoms with van der Waals surface area (Å²) < 4.78 is 36.6. The first kappa shape index (κ1) is 25.3. The summed E-state index contributed by atoms with van der Waals surface area (Å²) in [5.41, 5.74) is -1.28. The van der Waals surface area contributed by atoms with E-state index >= 15 is 0 Å². The summed E-state index contributed by atoms with van der Waals surface area (Å²) in [5, 5.41) is 10.2. The van der Waals surface area contributed by atoms with Crippen molar-refractivity contribution in [3.05, 3.63) is 0 Å². The van der Waals surface area contributed by atoms with Crippen molar-refractivity contribution in [3.8, 4) is 0 Å². The van der Waals surface area contributed by atoms with E-state index in [1.807, 2.05) is 6.92 Å². The normalized spacial score (nSPS) is 27.9. The van der Waals surface area contributed by atoms with Gasteiger partial charge in [-0.15, -0.1) is 0 Å². The van der Waals surface area contributed by atoms with Gasteiger partial charge in [0.25, 0.3) is 0 Å². The van der Waals surface area contributed by atoms with E-state index in [4.69, 9.17) is 14.6 Å². The van der Waals surface area contributed by atoms with Gasteiger partial charge in [0, 0.05) is 33.1 Å². The molecule has 0 spiro atoms. The van der Waals surface area contributed by atoms with Crippen molar-refractivity contribution < 1.29 is 47.0 Å². The second-order valence-corrected chi connectivity index (χ2v) is 7.04. The molecule has 13 heteroatoms. The highest BCUT2D eigenvalue weighted by atomic mass is 19.4. The van der Waals surface area contributed by atoms with E-state index in [0.717, 1.165) is 4.90 Å². The molecule has 2 heterocycles. The van der Waals surface area contributed by atoms with Gasteiger partial charge in [-0.2, -0.15) is 13.2 Å². The molecule has 4 atom stereocenters. The number of amides is 3. The molecule has 3 amide bonds. The van der Waals surface area contributed by atoms with Crippen LogP contribution in [0.15, 0.2) is 0 Å². The van der Waals surface area contributed by atoms with Gasteiger partial charge in [-0.05, 0) is 13.8 Å². The lowest BCUT2D eigenvalue weighted by Gasteiger charge is -2.29. The first-order chi connectivity index (χ1) is 13.6. The summed E-state index contributed by atoms with van der Waals surface area (Å²) in [7, 11) is 2.66. The number of carboxylic acids is 1. The van der Waals surface area contributed by atoms with E-state index < -0.39 is 47.4 Å². The van der Waals surface area contributed by atoms with E-state index in [2.05, 4.69) is 5.32 Å². The number of rotatable bonds is 4. The Labute approximate surface area is 170 Å². The maximum Gasteiger partial charge on any atom is 0.490 e. The minimum Gasteiger partial charge on any atom is -0.475 e. The number of carboxylic acid groups (broad SMARTS) is 1. The van der Waals surface area contributed by atoms with Crippen molar-refractivity contribution in [3.63, 3.8) is 0 Å². The third-order valence-corrected chi connectivity index (χ3v) is 5.21. The number of imide groups is 1. The third kappa shape index (κ3) is 4.71. The third-order valence-electron chi connectivity index (χ3n) is 5.21. The van der Waals surface area contributed by atoms with Gasteiger partial charge in [0.15, 0.2) is 0 Å². The van der Waals surface area contributed by atoms with Gasteiger partial charge in [-0.25, -0.2) is 4.79 Å². The number of hydrogen-bond donors (Lipinski definition) is 2. The maximum atomic E-state index is 12.5. The average molecular weight is 439 g/mol. The number of carbonyl (C=O) groups excluding carboxylic acids is 4. The van der Waals surface area contributed by atoms with Crippen molar-refractivity contribution in [2.24, 2.45) is 11.8 Å². The number of likely N-dealkylation sites (N-methyl/N-ethyl adjacent to an activating group) is 1. The predicted molar refractivity (Wildman–Crippen MR) is 93.7 cm³/mol. The fourth-order valence-electron chi connectivity index (χ4n) is 3.69. The Balaban J connectivity index is 0.000000553. The van der Waals surface area contributed by atoms with Crippen LogP contribution in [-0.4, -0.2) is 89.6 Å². The summed E-state index contributed by atoms with van der Waals surface area (Å²) in [4.78, 5) is 60.3. The Kier molecular flexibility index (Phi) is 7.58. The largest absolute Gasteiger partial charge is 0.490 e. The summed E-state index contributed by atoms with van der Waals surface area (Å²) in [6.45, 7) is 5.60. The average Bonchev–Trinajstić information content (AvgIpc) is 3.07. The molecule has 2 fully saturated rings. The molecule has 2 aliphatic rings. The molecular formula is C17H24F3N3O7. The Bertz CT molecular complexity index is 743. The van der Waals surface area contributed by atoms with Crippen LogP contribution in [0.3, 0.4) is 0 Å². The number of nitrogens with zero attached hydrogens (tertiary/aromatic N) is 2. The van der Waals surface area contributed by atoms with Gasteiger partial charge < -0.3 is 14.7 Å². The van der Waals surface area contributed by atoms with Crippen LogP contribution in [-0.2, 0) is 28.7 Å². The summed E-state index contributed by atoms with van der Waals surface area (Å²) in [6, 6.07) is -0.477. The lowest BCUT2D eigenvalue weighted by Crippen LogP contribution is -2.56. The van der Waals surface area contributed by atoms with Crippen LogP contribution >= 0.6 is 0 Å². The van der Waals surface area contributed by atoms with E-state index in [1.54, 1.807) is 11.8 Å². The van der Waals surface area contributed by atoms with Crippen LogP contribution in [0.1, 0.15) is 20.8 Å². The van der Waals surface area contributed by atoms with Crippen LogP contribution < -0.4 is 5.32 Å². The number of hydrogen-bond acceptors (Lipinski definition) is 7.